The van der Waals surface area contributed by atoms with Gasteiger partial charge in [0.15, 0.2) is 0 Å². The van der Waals surface area contributed by atoms with Crippen molar-refractivity contribution in [2.75, 3.05) is 23.9 Å². The van der Waals surface area contributed by atoms with Crippen molar-refractivity contribution in [3.8, 4) is 0 Å². The van der Waals surface area contributed by atoms with Crippen molar-refractivity contribution in [2.45, 2.75) is 21.1 Å². The Morgan fingerprint density at radius 3 is 2.19 bits per heavy atom. The molecule has 2 unspecified atom stereocenters. The van der Waals surface area contributed by atoms with Crippen molar-refractivity contribution in [1.29, 1.82) is 0 Å². The van der Waals surface area contributed by atoms with Gasteiger partial charge in [-0.05, 0) is 24.3 Å². The van der Waals surface area contributed by atoms with Gasteiger partial charge in [-0.25, -0.2) is 0 Å². The molecule has 1 aromatic carbocycles. The lowest BCUT2D eigenvalue weighted by atomic mass is 10.4. The number of thioether (sulfide) groups is 3. The van der Waals surface area contributed by atoms with Gasteiger partial charge in [0, 0.05) is 32.3 Å². The number of benzene rings is 1. The second-order valence-corrected chi connectivity index (χ2v) is 7.52. The number of epoxide rings is 1. The number of hydrogen-bond donors (Lipinski definition) is 0. The van der Waals surface area contributed by atoms with Gasteiger partial charge < -0.3 is 4.74 Å². The summed E-state index contributed by atoms with van der Waals surface area (Å²) in [5, 5.41) is 0.922. The summed E-state index contributed by atoms with van der Waals surface area (Å²) in [4.78, 5) is 2.76. The lowest BCUT2D eigenvalue weighted by Gasteiger charge is -2.02. The summed E-state index contributed by atoms with van der Waals surface area (Å²) in [6.45, 7) is 0.958. The molecule has 3 rings (SSSR count). The minimum atomic E-state index is 0.519. The van der Waals surface area contributed by atoms with E-state index in [1.807, 2.05) is 23.5 Å². The Balaban J connectivity index is 1.47. The van der Waals surface area contributed by atoms with Gasteiger partial charge in [0.2, 0.25) is 0 Å². The zero-order valence-electron chi connectivity index (χ0n) is 8.93. The van der Waals surface area contributed by atoms with Crippen LogP contribution in [0.1, 0.15) is 0 Å². The SMILES string of the molecule is c1cc(SCC2CS2)ccc1SCC1CO1. The van der Waals surface area contributed by atoms with Crippen molar-refractivity contribution >= 4 is 35.3 Å². The smallest absolute Gasteiger partial charge is 0.0903 e. The zero-order valence-corrected chi connectivity index (χ0v) is 11.4. The zero-order chi connectivity index (χ0) is 10.8. The number of hydrogen-bond acceptors (Lipinski definition) is 4. The molecule has 0 aromatic heterocycles. The maximum Gasteiger partial charge on any atom is 0.0903 e. The summed E-state index contributed by atoms with van der Waals surface area (Å²) >= 11 is 5.95. The first-order chi connectivity index (χ1) is 7.90. The minimum absolute atomic E-state index is 0.519. The number of rotatable bonds is 6. The molecule has 2 aliphatic rings. The lowest BCUT2D eigenvalue weighted by Crippen LogP contribution is -1.89. The van der Waals surface area contributed by atoms with Gasteiger partial charge in [-0.15, -0.1) is 23.5 Å². The van der Waals surface area contributed by atoms with Gasteiger partial charge in [-0.1, -0.05) is 0 Å². The molecule has 0 bridgehead atoms. The van der Waals surface area contributed by atoms with Gasteiger partial charge >= 0.3 is 0 Å². The third-order valence-electron chi connectivity index (χ3n) is 2.50. The normalized spacial score (nSPS) is 26.8. The maximum absolute atomic E-state index is 5.20. The van der Waals surface area contributed by atoms with Gasteiger partial charge in [0.05, 0.1) is 12.7 Å². The van der Waals surface area contributed by atoms with Crippen LogP contribution in [0.2, 0.25) is 0 Å². The quantitative estimate of drug-likeness (QED) is 0.580. The van der Waals surface area contributed by atoms with Crippen LogP contribution in [0.4, 0.5) is 0 Å². The van der Waals surface area contributed by atoms with Gasteiger partial charge in [0.1, 0.15) is 0 Å². The van der Waals surface area contributed by atoms with Crippen molar-refractivity contribution in [3.63, 3.8) is 0 Å². The highest BCUT2D eigenvalue weighted by atomic mass is 32.2. The van der Waals surface area contributed by atoms with E-state index in [0.717, 1.165) is 17.6 Å². The Labute approximate surface area is 109 Å². The third kappa shape index (κ3) is 3.62. The van der Waals surface area contributed by atoms with E-state index in [2.05, 4.69) is 36.0 Å². The van der Waals surface area contributed by atoms with E-state index in [0.29, 0.717) is 6.10 Å². The van der Waals surface area contributed by atoms with Crippen molar-refractivity contribution < 1.29 is 4.74 Å². The first-order valence-electron chi connectivity index (χ1n) is 5.49. The summed E-state index contributed by atoms with van der Waals surface area (Å²) in [5.74, 6) is 3.74. The molecule has 86 valence electrons. The fourth-order valence-corrected chi connectivity index (χ4v) is 4.06. The highest BCUT2D eigenvalue weighted by molar-refractivity contribution is 8.08. The minimum Gasteiger partial charge on any atom is -0.372 e. The third-order valence-corrected chi connectivity index (χ3v) is 6.00. The molecule has 2 aliphatic heterocycles. The molecule has 0 N–H and O–H groups in total. The topological polar surface area (TPSA) is 12.5 Å². The second kappa shape index (κ2) is 5.25. The standard InChI is InChI=1S/C12H14OS3/c1-3-11(15-7-12-8-16-12)4-2-10(1)14-6-9-5-13-9/h1-4,9,12H,5-8H2. The predicted molar refractivity (Wildman–Crippen MR) is 73.9 cm³/mol. The molecular weight excluding hydrogens is 256 g/mol. The molecule has 0 aliphatic carbocycles. The van der Waals surface area contributed by atoms with Crippen LogP contribution in [-0.2, 0) is 4.74 Å². The number of ether oxygens (including phenoxy) is 1. The molecular formula is C12H14OS3. The highest BCUT2D eigenvalue weighted by Crippen LogP contribution is 2.35. The molecule has 2 saturated heterocycles. The molecule has 1 nitrogen and oxygen atoms in total. The van der Waals surface area contributed by atoms with Crippen molar-refractivity contribution in [3.05, 3.63) is 24.3 Å². The summed E-state index contributed by atoms with van der Waals surface area (Å²) < 4.78 is 5.20. The van der Waals surface area contributed by atoms with E-state index < -0.39 is 0 Å². The van der Waals surface area contributed by atoms with Gasteiger partial charge in [-0.3, -0.25) is 0 Å². The fourth-order valence-electron chi connectivity index (χ4n) is 1.34. The van der Waals surface area contributed by atoms with E-state index in [1.165, 1.54) is 21.3 Å². The Morgan fingerprint density at radius 1 is 1.12 bits per heavy atom. The maximum atomic E-state index is 5.20. The molecule has 4 heteroatoms. The Bertz CT molecular complexity index is 309. The van der Waals surface area contributed by atoms with Gasteiger partial charge in [0.25, 0.3) is 0 Å². The van der Waals surface area contributed by atoms with Crippen LogP contribution in [0.25, 0.3) is 0 Å². The van der Waals surface area contributed by atoms with Crippen LogP contribution in [0.3, 0.4) is 0 Å². The first-order valence-corrected chi connectivity index (χ1v) is 8.51. The molecule has 0 amide bonds. The first kappa shape index (κ1) is 11.3. The molecule has 1 aromatic rings. The molecule has 2 atom stereocenters. The summed E-state index contributed by atoms with van der Waals surface area (Å²) in [6, 6.07) is 8.95. The lowest BCUT2D eigenvalue weighted by molar-refractivity contribution is 0.426. The van der Waals surface area contributed by atoms with E-state index in [1.54, 1.807) is 0 Å². The monoisotopic (exact) mass is 270 g/mol. The highest BCUT2D eigenvalue weighted by Gasteiger charge is 2.23. The van der Waals surface area contributed by atoms with E-state index in [-0.39, 0.29) is 0 Å². The summed E-state index contributed by atoms with van der Waals surface area (Å²) in [5.41, 5.74) is 0. The largest absolute Gasteiger partial charge is 0.372 e. The van der Waals surface area contributed by atoms with Crippen LogP contribution in [-0.4, -0.2) is 35.2 Å². The van der Waals surface area contributed by atoms with Crippen molar-refractivity contribution in [2.24, 2.45) is 0 Å². The van der Waals surface area contributed by atoms with E-state index in [9.17, 15) is 0 Å². The van der Waals surface area contributed by atoms with Gasteiger partial charge in [-0.2, -0.15) is 11.8 Å². The summed E-state index contributed by atoms with van der Waals surface area (Å²) in [7, 11) is 0. The average Bonchev–Trinajstić information content (AvgIpc) is 3.17. The molecule has 0 saturated carbocycles. The van der Waals surface area contributed by atoms with E-state index >= 15 is 0 Å². The molecule has 16 heavy (non-hydrogen) atoms. The van der Waals surface area contributed by atoms with Crippen LogP contribution in [0, 0.1) is 0 Å². The van der Waals surface area contributed by atoms with Crippen LogP contribution < -0.4 is 0 Å². The van der Waals surface area contributed by atoms with Crippen LogP contribution >= 0.6 is 35.3 Å². The molecule has 2 fully saturated rings. The summed E-state index contributed by atoms with van der Waals surface area (Å²) in [6.07, 6.45) is 0.519. The predicted octanol–water partition coefficient (Wildman–Crippen LogP) is 3.39. The van der Waals surface area contributed by atoms with E-state index in [4.69, 9.17) is 4.74 Å². The van der Waals surface area contributed by atoms with Crippen LogP contribution in [0.5, 0.6) is 0 Å². The fraction of sp³-hybridized carbons (Fsp3) is 0.500. The Kier molecular flexibility index (Phi) is 3.72. The second-order valence-electron chi connectivity index (χ2n) is 4.00. The molecule has 0 spiro atoms. The van der Waals surface area contributed by atoms with Crippen LogP contribution in [0.15, 0.2) is 34.1 Å². The van der Waals surface area contributed by atoms with Crippen molar-refractivity contribution in [1.82, 2.24) is 0 Å². The molecule has 2 heterocycles. The Hall–Kier alpha value is 0.230. The molecule has 0 radical (unpaired) electrons. The average molecular weight is 270 g/mol. The Morgan fingerprint density at radius 2 is 1.69 bits per heavy atom.